The van der Waals surface area contributed by atoms with E-state index in [2.05, 4.69) is 5.32 Å². The Morgan fingerprint density at radius 1 is 1.36 bits per heavy atom. The molecule has 0 radical (unpaired) electrons. The highest BCUT2D eigenvalue weighted by Crippen LogP contribution is 2.36. The zero-order valence-electron chi connectivity index (χ0n) is 13.1. The molecule has 0 aliphatic carbocycles. The first-order chi connectivity index (χ1) is 11.9. The van der Waals surface area contributed by atoms with Crippen molar-refractivity contribution in [2.75, 3.05) is 13.2 Å². The van der Waals surface area contributed by atoms with Crippen molar-refractivity contribution in [3.63, 3.8) is 0 Å². The Bertz CT molecular complexity index is 842. The number of aliphatic hydroxyl groups is 1. The first kappa shape index (κ1) is 17.2. The lowest BCUT2D eigenvalue weighted by atomic mass is 9.88. The van der Waals surface area contributed by atoms with Crippen molar-refractivity contribution in [2.45, 2.75) is 12.0 Å². The molecule has 1 heterocycles. The molecule has 1 unspecified atom stereocenters. The van der Waals surface area contributed by atoms with Crippen LogP contribution in [0.1, 0.15) is 22.3 Å². The molecule has 130 valence electrons. The van der Waals surface area contributed by atoms with Gasteiger partial charge in [0.15, 0.2) is 0 Å². The van der Waals surface area contributed by atoms with Crippen LogP contribution in [0.4, 0.5) is 5.69 Å². The third kappa shape index (κ3) is 3.42. The molecule has 0 saturated heterocycles. The van der Waals surface area contributed by atoms with Crippen molar-refractivity contribution < 1.29 is 19.6 Å². The number of fused-ring (bicyclic) bond motifs is 1. The summed E-state index contributed by atoms with van der Waals surface area (Å²) >= 11 is 5.75. The number of rotatable bonds is 4. The second-order valence-electron chi connectivity index (χ2n) is 5.73. The molecular weight excluding hydrogens is 348 g/mol. The number of nitro groups is 1. The molecule has 2 aromatic carbocycles. The van der Waals surface area contributed by atoms with Crippen LogP contribution < -0.4 is 10.1 Å². The minimum atomic E-state index is -1.26. The van der Waals surface area contributed by atoms with Crippen LogP contribution in [-0.4, -0.2) is 29.1 Å². The largest absolute Gasteiger partial charge is 0.493 e. The Balaban J connectivity index is 1.77. The van der Waals surface area contributed by atoms with Crippen LogP contribution in [-0.2, 0) is 5.60 Å². The van der Waals surface area contributed by atoms with Gasteiger partial charge in [0.05, 0.1) is 18.1 Å². The van der Waals surface area contributed by atoms with Crippen LogP contribution >= 0.6 is 11.6 Å². The minimum Gasteiger partial charge on any atom is -0.493 e. The maximum atomic E-state index is 12.3. The summed E-state index contributed by atoms with van der Waals surface area (Å²) in [4.78, 5) is 22.6. The molecule has 7 nitrogen and oxygen atoms in total. The van der Waals surface area contributed by atoms with Crippen LogP contribution in [0.2, 0.25) is 5.02 Å². The molecule has 0 bridgehead atoms. The second kappa shape index (κ2) is 6.70. The minimum absolute atomic E-state index is 0.0391. The van der Waals surface area contributed by atoms with Crippen LogP contribution in [0.15, 0.2) is 42.5 Å². The third-order valence-corrected chi connectivity index (χ3v) is 4.43. The Labute approximate surface area is 148 Å². The van der Waals surface area contributed by atoms with Gasteiger partial charge in [0.1, 0.15) is 16.4 Å². The predicted molar refractivity (Wildman–Crippen MR) is 90.9 cm³/mol. The highest BCUT2D eigenvalue weighted by Gasteiger charge is 2.36. The lowest BCUT2D eigenvalue weighted by Gasteiger charge is -2.34. The molecule has 1 atom stereocenters. The summed E-state index contributed by atoms with van der Waals surface area (Å²) in [6.45, 7) is 0.290. The number of hydrogen-bond donors (Lipinski definition) is 2. The number of para-hydroxylation sites is 1. The van der Waals surface area contributed by atoms with E-state index in [0.717, 1.165) is 6.07 Å². The fourth-order valence-corrected chi connectivity index (χ4v) is 2.93. The van der Waals surface area contributed by atoms with Crippen molar-refractivity contribution in [1.29, 1.82) is 0 Å². The highest BCUT2D eigenvalue weighted by molar-refractivity contribution is 6.32. The molecular formula is C17H15ClN2O5. The molecule has 25 heavy (non-hydrogen) atoms. The van der Waals surface area contributed by atoms with Crippen LogP contribution in [0, 0.1) is 10.1 Å². The number of hydrogen-bond acceptors (Lipinski definition) is 5. The van der Waals surface area contributed by atoms with E-state index in [1.165, 1.54) is 12.1 Å². The van der Waals surface area contributed by atoms with Crippen molar-refractivity contribution in [2.24, 2.45) is 0 Å². The van der Waals surface area contributed by atoms with Crippen molar-refractivity contribution in [3.8, 4) is 5.75 Å². The molecule has 1 aliphatic heterocycles. The molecule has 1 amide bonds. The van der Waals surface area contributed by atoms with Crippen LogP contribution in [0.5, 0.6) is 5.75 Å². The molecule has 8 heteroatoms. The Kier molecular flexibility index (Phi) is 4.61. The van der Waals surface area contributed by atoms with Crippen LogP contribution in [0.25, 0.3) is 0 Å². The summed E-state index contributed by atoms with van der Waals surface area (Å²) in [7, 11) is 0. The molecule has 1 aliphatic rings. The summed E-state index contributed by atoms with van der Waals surface area (Å²) in [5.74, 6) is 0.0461. The number of nitrogens with one attached hydrogen (secondary N) is 1. The van der Waals surface area contributed by atoms with E-state index < -0.39 is 16.4 Å². The van der Waals surface area contributed by atoms with Gasteiger partial charge in [0.25, 0.3) is 11.6 Å². The monoisotopic (exact) mass is 362 g/mol. The van der Waals surface area contributed by atoms with Gasteiger partial charge in [0, 0.05) is 23.6 Å². The summed E-state index contributed by atoms with van der Waals surface area (Å²) in [6.07, 6.45) is 0.324. The quantitative estimate of drug-likeness (QED) is 0.643. The second-order valence-corrected chi connectivity index (χ2v) is 6.14. The average molecular weight is 363 g/mol. The first-order valence-electron chi connectivity index (χ1n) is 7.57. The molecule has 3 rings (SSSR count). The molecule has 0 fully saturated rings. The maximum absolute atomic E-state index is 12.3. The number of carbonyl (C=O) groups excluding carboxylic acids is 1. The normalized spacial score (nSPS) is 18.8. The SMILES string of the molecule is O=C(NCC1(O)CCOc2ccccc21)c1ccc(Cl)c([N+](=O)[O-])c1. The van der Waals surface area contributed by atoms with E-state index in [9.17, 15) is 20.0 Å². The number of halogens is 1. The lowest BCUT2D eigenvalue weighted by Crippen LogP contribution is -2.43. The Morgan fingerprint density at radius 2 is 2.12 bits per heavy atom. The van der Waals surface area contributed by atoms with Crippen molar-refractivity contribution in [3.05, 3.63) is 68.7 Å². The summed E-state index contributed by atoms with van der Waals surface area (Å²) in [5.41, 5.74) is -0.906. The maximum Gasteiger partial charge on any atom is 0.288 e. The number of amides is 1. The number of carbonyl (C=O) groups is 1. The fourth-order valence-electron chi connectivity index (χ4n) is 2.75. The molecule has 2 aromatic rings. The van der Waals surface area contributed by atoms with Gasteiger partial charge in [-0.05, 0) is 18.2 Å². The van der Waals surface area contributed by atoms with Crippen LogP contribution in [0.3, 0.4) is 0 Å². The third-order valence-electron chi connectivity index (χ3n) is 4.11. The Hall–Kier alpha value is -2.64. The average Bonchev–Trinajstić information content (AvgIpc) is 2.60. The van der Waals surface area contributed by atoms with Gasteiger partial charge in [-0.3, -0.25) is 14.9 Å². The summed E-state index contributed by atoms with van der Waals surface area (Å²) in [6, 6.07) is 10.9. The van der Waals surface area contributed by atoms with Crippen molar-refractivity contribution >= 4 is 23.2 Å². The zero-order chi connectivity index (χ0) is 18.0. The smallest absolute Gasteiger partial charge is 0.288 e. The van der Waals surface area contributed by atoms with E-state index >= 15 is 0 Å². The molecule has 2 N–H and O–H groups in total. The molecule has 0 spiro atoms. The number of ether oxygens (including phenoxy) is 1. The van der Waals surface area contributed by atoms with E-state index in [1.807, 2.05) is 0 Å². The molecule has 0 aromatic heterocycles. The van der Waals surface area contributed by atoms with E-state index in [4.69, 9.17) is 16.3 Å². The van der Waals surface area contributed by atoms with E-state index in [-0.39, 0.29) is 22.8 Å². The zero-order valence-corrected chi connectivity index (χ0v) is 13.8. The van der Waals surface area contributed by atoms with Gasteiger partial charge in [-0.1, -0.05) is 29.8 Å². The molecule has 0 saturated carbocycles. The summed E-state index contributed by atoms with van der Waals surface area (Å²) in [5, 5.41) is 24.4. The highest BCUT2D eigenvalue weighted by atomic mass is 35.5. The fraction of sp³-hybridized carbons (Fsp3) is 0.235. The number of nitrogens with zero attached hydrogens (tertiary/aromatic N) is 1. The van der Waals surface area contributed by atoms with Gasteiger partial charge in [-0.2, -0.15) is 0 Å². The lowest BCUT2D eigenvalue weighted by molar-refractivity contribution is -0.384. The van der Waals surface area contributed by atoms with E-state index in [0.29, 0.717) is 24.3 Å². The predicted octanol–water partition coefficient (Wildman–Crippen LogP) is 2.65. The van der Waals surface area contributed by atoms with Gasteiger partial charge < -0.3 is 15.2 Å². The van der Waals surface area contributed by atoms with Gasteiger partial charge in [0.2, 0.25) is 0 Å². The first-order valence-corrected chi connectivity index (χ1v) is 7.95. The topological polar surface area (TPSA) is 102 Å². The van der Waals surface area contributed by atoms with Crippen molar-refractivity contribution in [1.82, 2.24) is 5.32 Å². The van der Waals surface area contributed by atoms with Gasteiger partial charge in [-0.15, -0.1) is 0 Å². The van der Waals surface area contributed by atoms with E-state index in [1.54, 1.807) is 24.3 Å². The standard InChI is InChI=1S/C17H15ClN2O5/c18-13-6-5-11(9-14(13)20(23)24)16(21)19-10-17(22)7-8-25-15-4-2-1-3-12(15)17/h1-6,9,22H,7-8,10H2,(H,19,21). The number of benzene rings is 2. The summed E-state index contributed by atoms with van der Waals surface area (Å²) < 4.78 is 5.50. The van der Waals surface area contributed by atoms with Gasteiger partial charge in [-0.25, -0.2) is 0 Å². The van der Waals surface area contributed by atoms with Gasteiger partial charge >= 0.3 is 0 Å². The Morgan fingerprint density at radius 3 is 2.88 bits per heavy atom. The number of nitro benzene ring substituents is 1.